The molecule has 1 aliphatic rings. The highest BCUT2D eigenvalue weighted by Crippen LogP contribution is 2.31. The third-order valence-electron chi connectivity index (χ3n) is 4.14. The van der Waals surface area contributed by atoms with Crippen LogP contribution in [0.3, 0.4) is 0 Å². The van der Waals surface area contributed by atoms with Crippen LogP contribution in [0.25, 0.3) is 10.9 Å². The lowest BCUT2D eigenvalue weighted by Gasteiger charge is -2.26. The molecule has 2 amide bonds. The number of amides is 2. The highest BCUT2D eigenvalue weighted by molar-refractivity contribution is 5.99. The molecule has 24 heavy (non-hydrogen) atoms. The van der Waals surface area contributed by atoms with E-state index in [1.54, 1.807) is 6.20 Å². The van der Waals surface area contributed by atoms with Crippen molar-refractivity contribution in [2.75, 3.05) is 11.9 Å². The van der Waals surface area contributed by atoms with Crippen LogP contribution in [0.1, 0.15) is 18.0 Å². The summed E-state index contributed by atoms with van der Waals surface area (Å²) in [5.41, 5.74) is 2.49. The van der Waals surface area contributed by atoms with Crippen LogP contribution in [-0.4, -0.2) is 17.6 Å². The van der Waals surface area contributed by atoms with E-state index in [0.717, 1.165) is 28.6 Å². The predicted molar refractivity (Wildman–Crippen MR) is 93.2 cm³/mol. The number of anilines is 1. The van der Waals surface area contributed by atoms with Gasteiger partial charge in [-0.15, -0.1) is 0 Å². The molecule has 120 valence electrons. The number of benzene rings is 2. The van der Waals surface area contributed by atoms with Gasteiger partial charge in [-0.3, -0.25) is 4.98 Å². The average molecular weight is 319 g/mol. The number of fused-ring (bicyclic) bond motifs is 2. The zero-order valence-corrected chi connectivity index (χ0v) is 13.0. The number of nitrogens with zero attached hydrogens (tertiary/aromatic N) is 1. The number of carbonyl (C=O) groups excluding carboxylic acids is 1. The van der Waals surface area contributed by atoms with Gasteiger partial charge in [-0.25, -0.2) is 4.79 Å². The van der Waals surface area contributed by atoms with E-state index in [4.69, 9.17) is 4.74 Å². The summed E-state index contributed by atoms with van der Waals surface area (Å²) >= 11 is 0. The van der Waals surface area contributed by atoms with Crippen LogP contribution in [-0.2, 0) is 0 Å². The van der Waals surface area contributed by atoms with Gasteiger partial charge in [0.2, 0.25) is 0 Å². The van der Waals surface area contributed by atoms with E-state index in [0.29, 0.717) is 12.3 Å². The van der Waals surface area contributed by atoms with Gasteiger partial charge in [-0.05, 0) is 18.2 Å². The number of aromatic nitrogens is 1. The van der Waals surface area contributed by atoms with Crippen molar-refractivity contribution in [2.24, 2.45) is 0 Å². The van der Waals surface area contributed by atoms with Gasteiger partial charge in [0.15, 0.2) is 0 Å². The van der Waals surface area contributed by atoms with Crippen LogP contribution in [0.15, 0.2) is 60.8 Å². The van der Waals surface area contributed by atoms with Gasteiger partial charge in [-0.2, -0.15) is 0 Å². The van der Waals surface area contributed by atoms with Crippen molar-refractivity contribution >= 4 is 22.6 Å². The maximum Gasteiger partial charge on any atom is 0.319 e. The molecule has 5 nitrogen and oxygen atoms in total. The van der Waals surface area contributed by atoms with Gasteiger partial charge in [-0.1, -0.05) is 36.4 Å². The van der Waals surface area contributed by atoms with Gasteiger partial charge in [0.05, 0.1) is 23.9 Å². The summed E-state index contributed by atoms with van der Waals surface area (Å²) < 4.78 is 5.63. The second-order valence-electron chi connectivity index (χ2n) is 5.71. The molecule has 2 heterocycles. The number of rotatable bonds is 2. The molecule has 0 bridgehead atoms. The Morgan fingerprint density at radius 3 is 2.92 bits per heavy atom. The molecule has 0 saturated carbocycles. The number of urea groups is 1. The first-order valence-electron chi connectivity index (χ1n) is 7.94. The first kappa shape index (κ1) is 14.5. The lowest BCUT2D eigenvalue weighted by atomic mass is 10.0. The van der Waals surface area contributed by atoms with Gasteiger partial charge in [0, 0.05) is 23.6 Å². The van der Waals surface area contributed by atoms with Crippen molar-refractivity contribution in [1.82, 2.24) is 10.3 Å². The van der Waals surface area contributed by atoms with Crippen molar-refractivity contribution in [3.8, 4) is 5.75 Å². The Morgan fingerprint density at radius 2 is 1.96 bits per heavy atom. The van der Waals surface area contributed by atoms with E-state index in [-0.39, 0.29) is 12.1 Å². The van der Waals surface area contributed by atoms with E-state index >= 15 is 0 Å². The van der Waals surface area contributed by atoms with Crippen LogP contribution in [0.5, 0.6) is 5.75 Å². The number of hydrogen-bond acceptors (Lipinski definition) is 3. The molecule has 0 aliphatic carbocycles. The van der Waals surface area contributed by atoms with Gasteiger partial charge in [0.25, 0.3) is 0 Å². The summed E-state index contributed by atoms with van der Waals surface area (Å²) in [5, 5.41) is 6.93. The largest absolute Gasteiger partial charge is 0.493 e. The Morgan fingerprint density at radius 1 is 1.08 bits per heavy atom. The Balaban J connectivity index is 1.53. The quantitative estimate of drug-likeness (QED) is 0.753. The standard InChI is InChI=1S/C19H17N3O2/c23-19(21-15-10-12-24-17-9-2-1-7-14(15)17)22-16-8-3-5-13-6-4-11-20-18(13)16/h1-9,11,15H,10,12H2,(H2,21,22,23). The molecule has 0 spiro atoms. The highest BCUT2D eigenvalue weighted by Gasteiger charge is 2.22. The molecule has 1 atom stereocenters. The smallest absolute Gasteiger partial charge is 0.319 e. The molecule has 4 rings (SSSR count). The molecular weight excluding hydrogens is 302 g/mol. The summed E-state index contributed by atoms with van der Waals surface area (Å²) in [7, 11) is 0. The van der Waals surface area contributed by atoms with Crippen LogP contribution in [0.2, 0.25) is 0 Å². The topological polar surface area (TPSA) is 63.2 Å². The number of carbonyl (C=O) groups is 1. The summed E-state index contributed by atoms with van der Waals surface area (Å²) in [6.07, 6.45) is 2.47. The van der Waals surface area contributed by atoms with Crippen LogP contribution >= 0.6 is 0 Å². The second kappa shape index (κ2) is 6.20. The molecule has 0 saturated heterocycles. The van der Waals surface area contributed by atoms with Crippen molar-refractivity contribution in [2.45, 2.75) is 12.5 Å². The number of pyridine rings is 1. The Kier molecular flexibility index (Phi) is 3.75. The Hall–Kier alpha value is -3.08. The molecule has 1 aliphatic heterocycles. The normalized spacial score (nSPS) is 16.1. The first-order chi connectivity index (χ1) is 11.8. The maximum atomic E-state index is 12.4. The third kappa shape index (κ3) is 2.76. The van der Waals surface area contributed by atoms with Gasteiger partial charge in [0.1, 0.15) is 5.75 Å². The summed E-state index contributed by atoms with van der Waals surface area (Å²) in [5.74, 6) is 0.834. The Bertz CT molecular complexity index is 889. The zero-order valence-electron chi connectivity index (χ0n) is 13.0. The van der Waals surface area contributed by atoms with Crippen molar-refractivity contribution < 1.29 is 9.53 Å². The summed E-state index contributed by atoms with van der Waals surface area (Å²) in [6.45, 7) is 0.595. The van der Waals surface area contributed by atoms with Crippen LogP contribution in [0, 0.1) is 0 Å². The van der Waals surface area contributed by atoms with Crippen molar-refractivity contribution in [1.29, 1.82) is 0 Å². The first-order valence-corrected chi connectivity index (χ1v) is 7.94. The lowest BCUT2D eigenvalue weighted by molar-refractivity contribution is 0.232. The SMILES string of the molecule is O=C(Nc1cccc2cccnc12)NC1CCOc2ccccc21. The van der Waals surface area contributed by atoms with Crippen molar-refractivity contribution in [3.05, 3.63) is 66.4 Å². The molecule has 3 aromatic rings. The zero-order chi connectivity index (χ0) is 16.4. The Labute approximate surface area is 139 Å². The number of hydrogen-bond donors (Lipinski definition) is 2. The van der Waals surface area contributed by atoms with Gasteiger partial charge >= 0.3 is 6.03 Å². The molecule has 0 radical (unpaired) electrons. The number of para-hydroxylation sites is 2. The van der Waals surface area contributed by atoms with E-state index in [1.165, 1.54) is 0 Å². The molecular formula is C19H17N3O2. The fourth-order valence-electron chi connectivity index (χ4n) is 3.01. The maximum absolute atomic E-state index is 12.4. The summed E-state index contributed by atoms with van der Waals surface area (Å²) in [4.78, 5) is 16.8. The molecule has 1 unspecified atom stereocenters. The predicted octanol–water partition coefficient (Wildman–Crippen LogP) is 3.88. The summed E-state index contributed by atoms with van der Waals surface area (Å²) in [6, 6.07) is 17.1. The van der Waals surface area contributed by atoms with E-state index in [9.17, 15) is 4.79 Å². The van der Waals surface area contributed by atoms with Crippen molar-refractivity contribution in [3.63, 3.8) is 0 Å². The van der Waals surface area contributed by atoms with E-state index in [2.05, 4.69) is 15.6 Å². The van der Waals surface area contributed by atoms with Gasteiger partial charge < -0.3 is 15.4 Å². The van der Waals surface area contributed by atoms with Crippen LogP contribution < -0.4 is 15.4 Å². The molecule has 5 heteroatoms. The minimum Gasteiger partial charge on any atom is -0.493 e. The number of ether oxygens (including phenoxy) is 1. The van der Waals surface area contributed by atoms with E-state index < -0.39 is 0 Å². The molecule has 2 N–H and O–H groups in total. The number of nitrogens with one attached hydrogen (secondary N) is 2. The fourth-order valence-corrected chi connectivity index (χ4v) is 3.01. The second-order valence-corrected chi connectivity index (χ2v) is 5.71. The van der Waals surface area contributed by atoms with Crippen LogP contribution in [0.4, 0.5) is 10.5 Å². The molecule has 2 aromatic carbocycles. The fraction of sp³-hybridized carbons (Fsp3) is 0.158. The monoisotopic (exact) mass is 319 g/mol. The minimum atomic E-state index is -0.241. The molecule has 0 fully saturated rings. The molecule has 1 aromatic heterocycles. The lowest BCUT2D eigenvalue weighted by Crippen LogP contribution is -2.35. The third-order valence-corrected chi connectivity index (χ3v) is 4.14. The van der Waals surface area contributed by atoms with E-state index in [1.807, 2.05) is 54.6 Å². The highest BCUT2D eigenvalue weighted by atomic mass is 16.5. The average Bonchev–Trinajstić information content (AvgIpc) is 2.62. The minimum absolute atomic E-state index is 0.0575.